The van der Waals surface area contributed by atoms with Crippen LogP contribution in [0.5, 0.6) is 0 Å². The van der Waals surface area contributed by atoms with Gasteiger partial charge in [-0.2, -0.15) is 9.61 Å². The Bertz CT molecular complexity index is 1190. The molecule has 0 bridgehead atoms. The molecule has 0 aliphatic carbocycles. The molecule has 0 aliphatic heterocycles. The summed E-state index contributed by atoms with van der Waals surface area (Å²) in [5.41, 5.74) is 3.19. The summed E-state index contributed by atoms with van der Waals surface area (Å²) < 4.78 is 15.1. The van der Waals surface area contributed by atoms with Crippen molar-refractivity contribution in [3.05, 3.63) is 72.0 Å². The highest BCUT2D eigenvalue weighted by Crippen LogP contribution is 2.21. The summed E-state index contributed by atoms with van der Waals surface area (Å²) in [5.74, 6) is 0.204. The van der Waals surface area contributed by atoms with Crippen LogP contribution >= 0.6 is 11.8 Å². The second-order valence-corrected chi connectivity index (χ2v) is 8.11. The Kier molecular flexibility index (Phi) is 6.57. The van der Waals surface area contributed by atoms with Gasteiger partial charge in [0.25, 0.3) is 0 Å². The average molecular weight is 436 g/mol. The van der Waals surface area contributed by atoms with Crippen molar-refractivity contribution < 1.29 is 9.18 Å². The number of anilines is 1. The molecular weight excluding hydrogens is 413 g/mol. The molecule has 1 amide bonds. The first-order chi connectivity index (χ1) is 15.1. The van der Waals surface area contributed by atoms with E-state index in [1.54, 1.807) is 28.8 Å². The second-order valence-electron chi connectivity index (χ2n) is 7.11. The van der Waals surface area contributed by atoms with Crippen LogP contribution in [0.1, 0.15) is 25.3 Å². The van der Waals surface area contributed by atoms with E-state index in [4.69, 9.17) is 0 Å². The summed E-state index contributed by atoms with van der Waals surface area (Å²) in [6.45, 7) is 2.17. The van der Waals surface area contributed by atoms with Crippen molar-refractivity contribution in [1.29, 1.82) is 0 Å². The van der Waals surface area contributed by atoms with E-state index in [0.29, 0.717) is 22.1 Å². The minimum absolute atomic E-state index is 0.109. The van der Waals surface area contributed by atoms with Crippen LogP contribution in [0.2, 0.25) is 0 Å². The first kappa shape index (κ1) is 21.0. The maximum atomic E-state index is 13.6. The summed E-state index contributed by atoms with van der Waals surface area (Å²) in [7, 11) is 0. The molecule has 0 saturated heterocycles. The number of carbonyl (C=O) groups is 1. The van der Waals surface area contributed by atoms with Crippen molar-refractivity contribution in [1.82, 2.24) is 19.8 Å². The quantitative estimate of drug-likeness (QED) is 0.394. The molecule has 0 aliphatic rings. The Balaban J connectivity index is 1.40. The molecule has 2 aromatic heterocycles. The first-order valence-corrected chi connectivity index (χ1v) is 11.1. The average Bonchev–Trinajstić information content (AvgIpc) is 3.20. The number of hydrogen-bond acceptors (Lipinski definition) is 5. The molecule has 2 aromatic carbocycles. The van der Waals surface area contributed by atoms with Gasteiger partial charge in [0.1, 0.15) is 10.8 Å². The van der Waals surface area contributed by atoms with Gasteiger partial charge in [0.2, 0.25) is 5.91 Å². The molecule has 0 atom stereocenters. The van der Waals surface area contributed by atoms with Gasteiger partial charge >= 0.3 is 0 Å². The Morgan fingerprint density at radius 3 is 2.71 bits per heavy atom. The molecular formula is C23H22FN5OS. The predicted octanol–water partition coefficient (Wildman–Crippen LogP) is 5.00. The number of unbranched alkanes of at least 4 members (excludes halogenated alkanes) is 1. The fourth-order valence-corrected chi connectivity index (χ4v) is 3.78. The van der Waals surface area contributed by atoms with Crippen LogP contribution < -0.4 is 5.32 Å². The Labute approximate surface area is 183 Å². The summed E-state index contributed by atoms with van der Waals surface area (Å²) in [6, 6.07) is 17.7. The van der Waals surface area contributed by atoms with Gasteiger partial charge in [-0.1, -0.05) is 49.4 Å². The molecule has 0 unspecified atom stereocenters. The summed E-state index contributed by atoms with van der Waals surface area (Å²) >= 11 is 1.31. The number of halogens is 1. The Morgan fingerprint density at radius 1 is 1.10 bits per heavy atom. The molecule has 0 spiro atoms. The van der Waals surface area contributed by atoms with Crippen molar-refractivity contribution in [2.45, 2.75) is 31.2 Å². The number of amides is 1. The lowest BCUT2D eigenvalue weighted by Gasteiger charge is -2.07. The van der Waals surface area contributed by atoms with Gasteiger partial charge in [-0.25, -0.2) is 4.39 Å². The summed E-state index contributed by atoms with van der Waals surface area (Å²) in [5, 5.41) is 16.3. The van der Waals surface area contributed by atoms with E-state index in [1.165, 1.54) is 29.5 Å². The lowest BCUT2D eigenvalue weighted by molar-refractivity contribution is -0.113. The number of aromatic nitrogens is 4. The number of rotatable bonds is 8. The van der Waals surface area contributed by atoms with E-state index in [1.807, 2.05) is 24.3 Å². The molecule has 0 radical (unpaired) electrons. The van der Waals surface area contributed by atoms with Crippen LogP contribution in [-0.2, 0) is 11.2 Å². The number of thioether (sulfide) groups is 1. The molecule has 6 nitrogen and oxygen atoms in total. The number of hydrogen-bond donors (Lipinski definition) is 1. The van der Waals surface area contributed by atoms with Gasteiger partial charge in [-0.3, -0.25) is 4.79 Å². The van der Waals surface area contributed by atoms with Gasteiger partial charge < -0.3 is 5.32 Å². The molecule has 31 heavy (non-hydrogen) atoms. The van der Waals surface area contributed by atoms with Gasteiger partial charge in [-0.15, -0.1) is 10.2 Å². The van der Waals surface area contributed by atoms with E-state index in [9.17, 15) is 9.18 Å². The molecule has 158 valence electrons. The maximum absolute atomic E-state index is 13.6. The third kappa shape index (κ3) is 5.27. The molecule has 8 heteroatoms. The number of nitrogens with zero attached hydrogens (tertiary/aromatic N) is 4. The van der Waals surface area contributed by atoms with Crippen molar-refractivity contribution in [3.63, 3.8) is 0 Å². The molecule has 1 N–H and O–H groups in total. The van der Waals surface area contributed by atoms with Crippen LogP contribution in [0.4, 0.5) is 10.1 Å². The van der Waals surface area contributed by atoms with Crippen LogP contribution in [0.3, 0.4) is 0 Å². The highest BCUT2D eigenvalue weighted by molar-refractivity contribution is 7.99. The third-order valence-electron chi connectivity index (χ3n) is 4.73. The fourth-order valence-electron chi connectivity index (χ4n) is 3.13. The van der Waals surface area contributed by atoms with Gasteiger partial charge in [0, 0.05) is 11.3 Å². The van der Waals surface area contributed by atoms with E-state index in [2.05, 4.69) is 27.5 Å². The maximum Gasteiger partial charge on any atom is 0.234 e. The molecule has 0 saturated carbocycles. The lowest BCUT2D eigenvalue weighted by atomic mass is 10.1. The molecule has 4 rings (SSSR count). The first-order valence-electron chi connectivity index (χ1n) is 10.1. The number of benzene rings is 2. The Morgan fingerprint density at radius 2 is 1.94 bits per heavy atom. The minimum atomic E-state index is -0.352. The zero-order chi connectivity index (χ0) is 21.6. The van der Waals surface area contributed by atoms with E-state index in [-0.39, 0.29) is 17.5 Å². The zero-order valence-electron chi connectivity index (χ0n) is 17.1. The largest absolute Gasteiger partial charge is 0.325 e. The van der Waals surface area contributed by atoms with Crippen LogP contribution in [0, 0.1) is 5.82 Å². The SMILES string of the molecule is CCCCc1ccc(NC(=O)CSc2ccc3nnc(-c4cccc(F)c4)n3n2)cc1. The summed E-state index contributed by atoms with van der Waals surface area (Å²) in [4.78, 5) is 12.3. The molecule has 2 heterocycles. The van der Waals surface area contributed by atoms with Gasteiger partial charge in [0.05, 0.1) is 5.75 Å². The fraction of sp³-hybridized carbons (Fsp3) is 0.217. The topological polar surface area (TPSA) is 72.2 Å². The van der Waals surface area contributed by atoms with E-state index < -0.39 is 0 Å². The number of aryl methyl sites for hydroxylation is 1. The van der Waals surface area contributed by atoms with Gasteiger partial charge in [0.15, 0.2) is 11.5 Å². The lowest BCUT2D eigenvalue weighted by Crippen LogP contribution is -2.14. The number of fused-ring (bicyclic) bond motifs is 1. The summed E-state index contributed by atoms with van der Waals surface area (Å²) in [6.07, 6.45) is 3.37. The minimum Gasteiger partial charge on any atom is -0.325 e. The monoisotopic (exact) mass is 435 g/mol. The zero-order valence-corrected chi connectivity index (χ0v) is 17.9. The van der Waals surface area contributed by atoms with Crippen molar-refractivity contribution >= 4 is 29.0 Å². The normalized spacial score (nSPS) is 11.0. The number of carbonyl (C=O) groups excluding carboxylic acids is 1. The van der Waals surface area contributed by atoms with Crippen LogP contribution in [-0.4, -0.2) is 31.5 Å². The number of nitrogens with one attached hydrogen (secondary N) is 1. The van der Waals surface area contributed by atoms with Crippen molar-refractivity contribution in [3.8, 4) is 11.4 Å². The molecule has 0 fully saturated rings. The van der Waals surface area contributed by atoms with Crippen LogP contribution in [0.15, 0.2) is 65.7 Å². The molecule has 4 aromatic rings. The smallest absolute Gasteiger partial charge is 0.234 e. The van der Waals surface area contributed by atoms with E-state index >= 15 is 0 Å². The van der Waals surface area contributed by atoms with Crippen molar-refractivity contribution in [2.75, 3.05) is 11.1 Å². The second kappa shape index (κ2) is 9.70. The highest BCUT2D eigenvalue weighted by atomic mass is 32.2. The highest BCUT2D eigenvalue weighted by Gasteiger charge is 2.12. The third-order valence-corrected chi connectivity index (χ3v) is 5.65. The van der Waals surface area contributed by atoms with Gasteiger partial charge in [-0.05, 0) is 54.8 Å². The Hall–Kier alpha value is -3.26. The van der Waals surface area contributed by atoms with Crippen molar-refractivity contribution in [2.24, 2.45) is 0 Å². The predicted molar refractivity (Wildman–Crippen MR) is 121 cm³/mol. The van der Waals surface area contributed by atoms with Crippen LogP contribution in [0.25, 0.3) is 17.0 Å². The standard InChI is InChI=1S/C23H22FN5OS/c1-2-3-5-16-8-10-19(11-9-16)25-21(30)15-31-22-13-12-20-26-27-23(29(20)28-22)17-6-4-7-18(24)14-17/h4,6-14H,2-3,5,15H2,1H3,(H,25,30). The van der Waals surface area contributed by atoms with E-state index in [0.717, 1.165) is 24.9 Å².